The first kappa shape index (κ1) is 22.5. The van der Waals surface area contributed by atoms with Crippen LogP contribution in [-0.4, -0.2) is 45.8 Å². The molecule has 8 heteroatoms. The normalized spacial score (nSPS) is 9.87. The molecule has 0 heterocycles. The molecule has 0 spiro atoms. The van der Waals surface area contributed by atoms with Gasteiger partial charge < -0.3 is 24.3 Å². The highest BCUT2D eigenvalue weighted by atomic mass is 16.5. The number of anilines is 1. The molecule has 0 atom stereocenters. The number of nitrogens with one attached hydrogen (secondary N) is 1. The number of benzene rings is 2. The van der Waals surface area contributed by atoms with Crippen molar-refractivity contribution >= 4 is 29.6 Å². The van der Waals surface area contributed by atoms with Gasteiger partial charge in [-0.3, -0.25) is 4.79 Å². The van der Waals surface area contributed by atoms with Crippen LogP contribution < -0.4 is 14.8 Å². The van der Waals surface area contributed by atoms with Gasteiger partial charge in [0.15, 0.2) is 18.1 Å². The smallest absolute Gasteiger partial charge is 0.345 e. The number of aryl methyl sites for hydroxylation is 1. The van der Waals surface area contributed by atoms with E-state index in [0.29, 0.717) is 22.7 Å². The van der Waals surface area contributed by atoms with Crippen molar-refractivity contribution in [2.24, 2.45) is 0 Å². The number of carbonyl (C=O) groups excluding carboxylic acids is 3. The lowest BCUT2D eigenvalue weighted by Gasteiger charge is -2.12. The van der Waals surface area contributed by atoms with Crippen molar-refractivity contribution in [2.45, 2.75) is 6.92 Å². The maximum atomic E-state index is 12.1. The fourth-order valence-electron chi connectivity index (χ4n) is 2.54. The molecular weight excluding hydrogens is 390 g/mol. The third-order valence-electron chi connectivity index (χ3n) is 3.97. The molecule has 0 aromatic heterocycles. The minimum absolute atomic E-state index is 0.227. The van der Waals surface area contributed by atoms with E-state index in [-0.39, 0.29) is 18.1 Å². The Morgan fingerprint density at radius 1 is 0.933 bits per heavy atom. The Morgan fingerprint density at radius 2 is 1.63 bits per heavy atom. The minimum Gasteiger partial charge on any atom is -0.493 e. The van der Waals surface area contributed by atoms with Crippen molar-refractivity contribution in [1.82, 2.24) is 0 Å². The highest BCUT2D eigenvalue weighted by molar-refractivity contribution is 6.17. The fourth-order valence-corrected chi connectivity index (χ4v) is 2.54. The van der Waals surface area contributed by atoms with Crippen LogP contribution in [0.25, 0.3) is 6.08 Å². The summed E-state index contributed by atoms with van der Waals surface area (Å²) in [6.45, 7) is 1.70. The third-order valence-corrected chi connectivity index (χ3v) is 3.97. The third kappa shape index (κ3) is 6.10. The number of rotatable bonds is 8. The average molecular weight is 413 g/mol. The number of methoxy groups -OCH3 is 3. The first-order valence-corrected chi connectivity index (χ1v) is 8.93. The van der Waals surface area contributed by atoms with Gasteiger partial charge in [0, 0.05) is 5.69 Å². The zero-order valence-corrected chi connectivity index (χ0v) is 17.2. The van der Waals surface area contributed by atoms with Gasteiger partial charge in [0.1, 0.15) is 5.57 Å². The van der Waals surface area contributed by atoms with Crippen LogP contribution in [0.5, 0.6) is 11.5 Å². The molecule has 158 valence electrons. The molecule has 2 aromatic carbocycles. The van der Waals surface area contributed by atoms with Crippen molar-refractivity contribution in [3.63, 3.8) is 0 Å². The van der Waals surface area contributed by atoms with E-state index in [4.69, 9.17) is 9.47 Å². The van der Waals surface area contributed by atoms with E-state index in [2.05, 4.69) is 14.8 Å². The lowest BCUT2D eigenvalue weighted by atomic mass is 10.1. The number of hydrogen-bond acceptors (Lipinski definition) is 7. The zero-order valence-electron chi connectivity index (χ0n) is 17.2. The molecule has 0 bridgehead atoms. The molecule has 0 unspecified atom stereocenters. The van der Waals surface area contributed by atoms with E-state index in [1.54, 1.807) is 24.3 Å². The quantitative estimate of drug-likeness (QED) is 0.307. The average Bonchev–Trinajstić information content (AvgIpc) is 2.75. The molecule has 2 rings (SSSR count). The van der Waals surface area contributed by atoms with Crippen LogP contribution in [0.4, 0.5) is 5.69 Å². The minimum atomic E-state index is -0.825. The van der Waals surface area contributed by atoms with Gasteiger partial charge >= 0.3 is 11.9 Å². The van der Waals surface area contributed by atoms with E-state index < -0.39 is 11.9 Å². The SMILES string of the molecule is COC(=O)C(=Cc1ccc(OCC(=O)Nc2cccc(C)c2)c(OC)c1)C(=O)OC. The largest absolute Gasteiger partial charge is 0.493 e. The number of hydrogen-bond donors (Lipinski definition) is 1. The monoisotopic (exact) mass is 413 g/mol. The summed E-state index contributed by atoms with van der Waals surface area (Å²) in [5, 5.41) is 2.75. The van der Waals surface area contributed by atoms with Gasteiger partial charge in [-0.1, -0.05) is 18.2 Å². The van der Waals surface area contributed by atoms with Gasteiger partial charge in [-0.2, -0.15) is 0 Å². The van der Waals surface area contributed by atoms with Crippen LogP contribution >= 0.6 is 0 Å². The van der Waals surface area contributed by atoms with Crippen molar-refractivity contribution in [2.75, 3.05) is 33.3 Å². The second-order valence-corrected chi connectivity index (χ2v) is 6.16. The van der Waals surface area contributed by atoms with Gasteiger partial charge in [0.05, 0.1) is 21.3 Å². The Bertz CT molecular complexity index is 948. The predicted molar refractivity (Wildman–Crippen MR) is 110 cm³/mol. The van der Waals surface area contributed by atoms with Crippen LogP contribution in [0.3, 0.4) is 0 Å². The van der Waals surface area contributed by atoms with Gasteiger partial charge in [-0.05, 0) is 48.4 Å². The molecule has 0 saturated heterocycles. The number of amides is 1. The van der Waals surface area contributed by atoms with E-state index in [0.717, 1.165) is 5.56 Å². The number of ether oxygens (including phenoxy) is 4. The Labute approximate surface area is 174 Å². The Balaban J connectivity index is 2.13. The highest BCUT2D eigenvalue weighted by Gasteiger charge is 2.20. The van der Waals surface area contributed by atoms with Crippen molar-refractivity contribution < 1.29 is 33.3 Å². The first-order valence-electron chi connectivity index (χ1n) is 8.93. The van der Waals surface area contributed by atoms with Gasteiger partial charge in [-0.15, -0.1) is 0 Å². The topological polar surface area (TPSA) is 100 Å². The summed E-state index contributed by atoms with van der Waals surface area (Å²) in [4.78, 5) is 35.7. The number of esters is 2. The van der Waals surface area contributed by atoms with Gasteiger partial charge in [0.2, 0.25) is 0 Å². The molecule has 2 aromatic rings. The van der Waals surface area contributed by atoms with Crippen LogP contribution in [-0.2, 0) is 23.9 Å². The molecular formula is C22H23NO7. The molecule has 8 nitrogen and oxygen atoms in total. The molecule has 0 aliphatic carbocycles. The molecule has 30 heavy (non-hydrogen) atoms. The Morgan fingerprint density at radius 3 is 2.23 bits per heavy atom. The molecule has 0 aliphatic heterocycles. The van der Waals surface area contributed by atoms with E-state index in [1.807, 2.05) is 25.1 Å². The summed E-state index contributed by atoms with van der Waals surface area (Å²) in [7, 11) is 3.76. The summed E-state index contributed by atoms with van der Waals surface area (Å²) in [5.74, 6) is -1.33. The van der Waals surface area contributed by atoms with E-state index in [9.17, 15) is 14.4 Å². The van der Waals surface area contributed by atoms with Crippen molar-refractivity contribution in [3.05, 3.63) is 59.2 Å². The summed E-state index contributed by atoms with van der Waals surface area (Å²) in [5.41, 5.74) is 1.91. The van der Waals surface area contributed by atoms with Crippen molar-refractivity contribution in [3.8, 4) is 11.5 Å². The summed E-state index contributed by atoms with van der Waals surface area (Å²) in [6.07, 6.45) is 1.31. The lowest BCUT2D eigenvalue weighted by Crippen LogP contribution is -2.20. The highest BCUT2D eigenvalue weighted by Crippen LogP contribution is 2.29. The summed E-state index contributed by atoms with van der Waals surface area (Å²) in [6, 6.07) is 12.1. The van der Waals surface area contributed by atoms with Gasteiger partial charge in [-0.25, -0.2) is 9.59 Å². The van der Waals surface area contributed by atoms with Crippen LogP contribution in [0.15, 0.2) is 48.0 Å². The second kappa shape index (κ2) is 10.7. The van der Waals surface area contributed by atoms with Crippen LogP contribution in [0.1, 0.15) is 11.1 Å². The molecule has 0 aliphatic rings. The second-order valence-electron chi connectivity index (χ2n) is 6.16. The fraction of sp³-hybridized carbons (Fsp3) is 0.227. The summed E-state index contributed by atoms with van der Waals surface area (Å²) >= 11 is 0. The van der Waals surface area contributed by atoms with Crippen LogP contribution in [0, 0.1) is 6.92 Å². The maximum Gasteiger partial charge on any atom is 0.345 e. The predicted octanol–water partition coefficient (Wildman–Crippen LogP) is 2.75. The maximum absolute atomic E-state index is 12.1. The van der Waals surface area contributed by atoms with Crippen molar-refractivity contribution in [1.29, 1.82) is 0 Å². The Kier molecular flexibility index (Phi) is 7.99. The van der Waals surface area contributed by atoms with Crippen LogP contribution in [0.2, 0.25) is 0 Å². The van der Waals surface area contributed by atoms with E-state index in [1.165, 1.54) is 27.4 Å². The molecule has 0 saturated carbocycles. The lowest BCUT2D eigenvalue weighted by molar-refractivity contribution is -0.143. The zero-order chi connectivity index (χ0) is 22.1. The van der Waals surface area contributed by atoms with E-state index >= 15 is 0 Å². The Hall–Kier alpha value is -3.81. The molecule has 0 radical (unpaired) electrons. The van der Waals surface area contributed by atoms with Gasteiger partial charge in [0.25, 0.3) is 5.91 Å². The summed E-state index contributed by atoms with van der Waals surface area (Å²) < 4.78 is 20.0. The molecule has 1 amide bonds. The standard InChI is InChI=1S/C22H23NO7/c1-14-6-5-7-16(10-14)23-20(24)13-30-18-9-8-15(12-19(18)27-2)11-17(21(25)28-3)22(26)29-4/h5-12H,13H2,1-4H3,(H,23,24). The molecule has 0 fully saturated rings. The first-order chi connectivity index (χ1) is 14.4. The molecule has 1 N–H and O–H groups in total. The number of carbonyl (C=O) groups is 3.